The van der Waals surface area contributed by atoms with Gasteiger partial charge in [-0.1, -0.05) is 12.1 Å². The third-order valence-corrected chi connectivity index (χ3v) is 4.69. The molecular formula is C18H16N2O3S. The van der Waals surface area contributed by atoms with Gasteiger partial charge in [-0.05, 0) is 35.7 Å². The van der Waals surface area contributed by atoms with Crippen LogP contribution < -0.4 is 14.8 Å². The third-order valence-electron chi connectivity index (χ3n) is 3.79. The van der Waals surface area contributed by atoms with Crippen molar-refractivity contribution in [3.05, 3.63) is 65.1 Å². The Morgan fingerprint density at radius 2 is 1.96 bits per heavy atom. The Bertz CT molecular complexity index is 842. The molecule has 0 unspecified atom stereocenters. The average Bonchev–Trinajstić information content (AvgIpc) is 3.30. The first-order valence-corrected chi connectivity index (χ1v) is 8.57. The molecule has 1 N–H and O–H groups in total. The quantitative estimate of drug-likeness (QED) is 0.794. The van der Waals surface area contributed by atoms with Crippen molar-refractivity contribution < 1.29 is 14.3 Å². The van der Waals surface area contributed by atoms with Gasteiger partial charge >= 0.3 is 0 Å². The van der Waals surface area contributed by atoms with Crippen molar-refractivity contribution in [2.45, 2.75) is 6.10 Å². The maximum atomic E-state index is 12.5. The number of para-hydroxylation sites is 2. The average molecular weight is 340 g/mol. The first-order valence-electron chi connectivity index (χ1n) is 7.69. The summed E-state index contributed by atoms with van der Waals surface area (Å²) < 4.78 is 13.5. The molecule has 0 aliphatic carbocycles. The zero-order valence-corrected chi connectivity index (χ0v) is 13.7. The molecule has 0 saturated carbocycles. The number of carbonyl (C=O) groups excluding carboxylic acids is 1. The molecule has 24 heavy (non-hydrogen) atoms. The molecule has 0 radical (unpaired) electrons. The zero-order chi connectivity index (χ0) is 16.4. The Labute approximate surface area is 143 Å². The van der Waals surface area contributed by atoms with Crippen LogP contribution in [0.2, 0.25) is 0 Å². The Hall–Kier alpha value is -2.73. The van der Waals surface area contributed by atoms with E-state index in [0.717, 1.165) is 11.4 Å². The predicted octanol–water partition coefficient (Wildman–Crippen LogP) is 3.11. The molecule has 0 fully saturated rings. The van der Waals surface area contributed by atoms with Crippen LogP contribution in [0.15, 0.2) is 60.2 Å². The van der Waals surface area contributed by atoms with Gasteiger partial charge in [-0.2, -0.15) is 0 Å². The molecular weight excluding hydrogens is 324 g/mol. The first-order chi connectivity index (χ1) is 11.8. The van der Waals surface area contributed by atoms with Gasteiger partial charge in [0.15, 0.2) is 11.5 Å². The highest BCUT2D eigenvalue weighted by Gasteiger charge is 2.22. The fraction of sp³-hybridized carbons (Fsp3) is 0.167. The number of amides is 1. The van der Waals surface area contributed by atoms with Crippen molar-refractivity contribution in [1.29, 1.82) is 0 Å². The lowest BCUT2D eigenvalue weighted by Gasteiger charge is -2.26. The molecule has 122 valence electrons. The number of rotatable bonds is 4. The van der Waals surface area contributed by atoms with Crippen molar-refractivity contribution >= 4 is 17.2 Å². The van der Waals surface area contributed by atoms with Crippen LogP contribution in [0, 0.1) is 0 Å². The number of ether oxygens (including phenoxy) is 2. The number of nitrogens with one attached hydrogen (secondary N) is 1. The molecule has 4 rings (SSSR count). The van der Waals surface area contributed by atoms with Gasteiger partial charge in [-0.15, -0.1) is 11.3 Å². The van der Waals surface area contributed by atoms with Gasteiger partial charge in [0.2, 0.25) is 0 Å². The smallest absolute Gasteiger partial charge is 0.263 e. The molecule has 2 aromatic heterocycles. The van der Waals surface area contributed by atoms with E-state index in [9.17, 15) is 4.79 Å². The van der Waals surface area contributed by atoms with Gasteiger partial charge in [0.25, 0.3) is 5.91 Å². The monoisotopic (exact) mass is 340 g/mol. The normalized spacial score (nSPS) is 15.9. The lowest BCUT2D eigenvalue weighted by molar-refractivity contribution is 0.0791. The summed E-state index contributed by atoms with van der Waals surface area (Å²) in [4.78, 5) is 13.2. The number of thiophene rings is 1. The lowest BCUT2D eigenvalue weighted by atomic mass is 10.2. The van der Waals surface area contributed by atoms with E-state index in [1.54, 1.807) is 0 Å². The number of carbonyl (C=O) groups is 1. The highest BCUT2D eigenvalue weighted by Crippen LogP contribution is 2.30. The van der Waals surface area contributed by atoms with Crippen LogP contribution in [0.3, 0.4) is 0 Å². The van der Waals surface area contributed by atoms with Crippen molar-refractivity contribution in [1.82, 2.24) is 9.88 Å². The summed E-state index contributed by atoms with van der Waals surface area (Å²) >= 11 is 1.43. The van der Waals surface area contributed by atoms with Crippen LogP contribution in [-0.2, 0) is 0 Å². The molecule has 5 nitrogen and oxygen atoms in total. The van der Waals surface area contributed by atoms with E-state index in [1.165, 1.54) is 11.3 Å². The summed E-state index contributed by atoms with van der Waals surface area (Å²) in [5, 5.41) is 4.86. The second kappa shape index (κ2) is 6.41. The Morgan fingerprint density at radius 3 is 2.79 bits per heavy atom. The second-order valence-corrected chi connectivity index (χ2v) is 6.35. The summed E-state index contributed by atoms with van der Waals surface area (Å²) in [7, 11) is 0. The summed E-state index contributed by atoms with van der Waals surface area (Å²) in [5.41, 5.74) is 0.883. The summed E-state index contributed by atoms with van der Waals surface area (Å²) in [5.74, 6) is 1.36. The molecule has 1 aliphatic rings. The zero-order valence-electron chi connectivity index (χ0n) is 12.8. The van der Waals surface area contributed by atoms with Crippen molar-refractivity contribution in [3.63, 3.8) is 0 Å². The highest BCUT2D eigenvalue weighted by atomic mass is 32.1. The Morgan fingerprint density at radius 1 is 1.17 bits per heavy atom. The van der Waals surface area contributed by atoms with Gasteiger partial charge in [0.1, 0.15) is 17.6 Å². The minimum atomic E-state index is -0.196. The third kappa shape index (κ3) is 2.88. The van der Waals surface area contributed by atoms with Crippen LogP contribution in [0.5, 0.6) is 11.5 Å². The molecule has 6 heteroatoms. The van der Waals surface area contributed by atoms with Gasteiger partial charge in [0, 0.05) is 12.4 Å². The maximum Gasteiger partial charge on any atom is 0.263 e. The maximum absolute atomic E-state index is 12.5. The number of benzene rings is 1. The summed E-state index contributed by atoms with van der Waals surface area (Å²) in [6.07, 6.45) is 3.65. The molecule has 1 amide bonds. The number of hydrogen-bond acceptors (Lipinski definition) is 4. The van der Waals surface area contributed by atoms with Gasteiger partial charge in [0.05, 0.1) is 12.2 Å². The summed E-state index contributed by atoms with van der Waals surface area (Å²) in [6, 6.07) is 13.4. The molecule has 3 heterocycles. The van der Waals surface area contributed by atoms with Crippen LogP contribution in [0.4, 0.5) is 0 Å². The van der Waals surface area contributed by atoms with Crippen LogP contribution in [-0.4, -0.2) is 29.7 Å². The first kappa shape index (κ1) is 14.8. The van der Waals surface area contributed by atoms with E-state index in [2.05, 4.69) is 5.32 Å². The number of hydrogen-bond donors (Lipinski definition) is 1. The van der Waals surface area contributed by atoms with E-state index < -0.39 is 0 Å². The van der Waals surface area contributed by atoms with Crippen LogP contribution >= 0.6 is 11.3 Å². The van der Waals surface area contributed by atoms with E-state index in [1.807, 2.05) is 64.8 Å². The van der Waals surface area contributed by atoms with E-state index in [-0.39, 0.29) is 12.0 Å². The predicted molar refractivity (Wildman–Crippen MR) is 92.3 cm³/mol. The van der Waals surface area contributed by atoms with Crippen LogP contribution in [0.25, 0.3) is 5.69 Å². The van der Waals surface area contributed by atoms with Gasteiger partial charge in [-0.3, -0.25) is 4.79 Å². The van der Waals surface area contributed by atoms with E-state index in [0.29, 0.717) is 23.8 Å². The second-order valence-electron chi connectivity index (χ2n) is 5.43. The van der Waals surface area contributed by atoms with E-state index in [4.69, 9.17) is 9.47 Å². The Kier molecular flexibility index (Phi) is 3.96. The minimum Gasteiger partial charge on any atom is -0.486 e. The van der Waals surface area contributed by atoms with Gasteiger partial charge < -0.3 is 19.4 Å². The Balaban J connectivity index is 1.41. The van der Waals surface area contributed by atoms with Crippen molar-refractivity contribution in [2.24, 2.45) is 0 Å². The fourth-order valence-corrected chi connectivity index (χ4v) is 3.43. The molecule has 3 aromatic rings. The lowest BCUT2D eigenvalue weighted by Crippen LogP contribution is -2.40. The van der Waals surface area contributed by atoms with Gasteiger partial charge in [-0.25, -0.2) is 0 Å². The van der Waals surface area contributed by atoms with Crippen LogP contribution in [0.1, 0.15) is 9.67 Å². The number of nitrogens with zero attached hydrogens (tertiary/aromatic N) is 1. The van der Waals surface area contributed by atoms with E-state index >= 15 is 0 Å². The fourth-order valence-electron chi connectivity index (χ4n) is 2.62. The largest absolute Gasteiger partial charge is 0.486 e. The molecule has 0 saturated heterocycles. The van der Waals surface area contributed by atoms with Crippen molar-refractivity contribution in [2.75, 3.05) is 13.2 Å². The number of aromatic nitrogens is 1. The number of fused-ring (bicyclic) bond motifs is 1. The SMILES string of the molecule is O=C(NC[C@@H]1COc2ccccc2O1)c1sccc1-n1cccc1. The standard InChI is InChI=1S/C18H16N2O3S/c21-18(17-14(7-10-24-17)20-8-3-4-9-20)19-11-13-12-22-15-5-1-2-6-16(15)23-13/h1-10,13H,11-12H2,(H,19,21)/t13-/m1/s1. The molecule has 0 spiro atoms. The highest BCUT2D eigenvalue weighted by molar-refractivity contribution is 7.12. The van der Waals surface area contributed by atoms with Crippen molar-refractivity contribution in [3.8, 4) is 17.2 Å². The molecule has 1 aliphatic heterocycles. The minimum absolute atomic E-state index is 0.101. The molecule has 1 aromatic carbocycles. The molecule has 0 bridgehead atoms. The molecule has 1 atom stereocenters. The topological polar surface area (TPSA) is 52.5 Å². The summed E-state index contributed by atoms with van der Waals surface area (Å²) in [6.45, 7) is 0.822.